The van der Waals surface area contributed by atoms with Crippen molar-refractivity contribution in [3.05, 3.63) is 64.6 Å². The maximum absolute atomic E-state index is 14.5. The summed E-state index contributed by atoms with van der Waals surface area (Å²) in [6.45, 7) is -0.441. The average molecular weight is 447 g/mol. The highest BCUT2D eigenvalue weighted by Crippen LogP contribution is 2.30. The number of rotatable bonds is 6. The van der Waals surface area contributed by atoms with Crippen molar-refractivity contribution in [3.8, 4) is 23.1 Å². The normalized spacial score (nSPS) is 10.4. The molecule has 3 aromatic rings. The number of halogens is 3. The first kappa shape index (κ1) is 21.7. The Morgan fingerprint density at radius 1 is 1.29 bits per heavy atom. The van der Waals surface area contributed by atoms with Crippen LogP contribution in [0.4, 0.5) is 14.5 Å². The molecule has 8 nitrogen and oxygen atoms in total. The minimum Gasteiger partial charge on any atom is -0.478 e. The van der Waals surface area contributed by atoms with Crippen LogP contribution in [-0.4, -0.2) is 33.1 Å². The number of imidazole rings is 1. The van der Waals surface area contributed by atoms with E-state index in [0.717, 1.165) is 0 Å². The van der Waals surface area contributed by atoms with E-state index in [0.29, 0.717) is 0 Å². The Labute approximate surface area is 179 Å². The van der Waals surface area contributed by atoms with Gasteiger partial charge in [0.2, 0.25) is 5.82 Å². The summed E-state index contributed by atoms with van der Waals surface area (Å²) in [5.41, 5.74) is 0.0526. The second-order valence-corrected chi connectivity index (χ2v) is 6.57. The lowest BCUT2D eigenvalue weighted by molar-refractivity contribution is 0.0697. The first-order valence-electron chi connectivity index (χ1n) is 8.58. The van der Waals surface area contributed by atoms with Crippen LogP contribution in [0.1, 0.15) is 21.0 Å². The fourth-order valence-electron chi connectivity index (χ4n) is 2.78. The number of hydrogen-bond donors (Lipinski definition) is 2. The fraction of sp³-hybridized carbons (Fsp3) is 0.100. The molecule has 0 aliphatic carbocycles. The number of benzene rings is 2. The van der Waals surface area contributed by atoms with E-state index >= 15 is 0 Å². The molecule has 2 N–H and O–H groups in total. The minimum atomic E-state index is -1.27. The van der Waals surface area contributed by atoms with Gasteiger partial charge in [0, 0.05) is 18.3 Å². The summed E-state index contributed by atoms with van der Waals surface area (Å²) in [5, 5.41) is 19.9. The van der Waals surface area contributed by atoms with E-state index in [4.69, 9.17) is 26.7 Å². The lowest BCUT2D eigenvalue weighted by Crippen LogP contribution is -2.17. The summed E-state index contributed by atoms with van der Waals surface area (Å²) in [6.07, 6.45) is 1.20. The van der Waals surface area contributed by atoms with Gasteiger partial charge in [0.05, 0.1) is 22.5 Å². The van der Waals surface area contributed by atoms with Gasteiger partial charge in [-0.25, -0.2) is 14.2 Å². The number of amides is 1. The Balaban J connectivity index is 1.87. The molecule has 1 heterocycles. The predicted octanol–water partition coefficient (Wildman–Crippen LogP) is 3.87. The van der Waals surface area contributed by atoms with Gasteiger partial charge in [0.15, 0.2) is 24.0 Å². The van der Waals surface area contributed by atoms with Crippen molar-refractivity contribution in [2.75, 3.05) is 11.9 Å². The van der Waals surface area contributed by atoms with E-state index in [1.54, 1.807) is 6.07 Å². The second-order valence-electron chi connectivity index (χ2n) is 6.17. The van der Waals surface area contributed by atoms with Gasteiger partial charge in [0.25, 0.3) is 5.91 Å². The molecule has 31 heavy (non-hydrogen) atoms. The number of carboxylic acids is 1. The number of hydrogen-bond acceptors (Lipinski definition) is 5. The molecular formula is C20H13ClF2N4O4. The van der Waals surface area contributed by atoms with Gasteiger partial charge in [-0.15, -0.1) is 0 Å². The molecule has 0 atom stereocenters. The number of carbonyl (C=O) groups is 2. The highest BCUT2D eigenvalue weighted by molar-refractivity contribution is 6.33. The first-order chi connectivity index (χ1) is 14.7. The van der Waals surface area contributed by atoms with E-state index in [1.807, 2.05) is 0 Å². The third kappa shape index (κ3) is 4.31. The van der Waals surface area contributed by atoms with Crippen molar-refractivity contribution in [1.29, 1.82) is 5.26 Å². The number of ether oxygens (including phenoxy) is 1. The van der Waals surface area contributed by atoms with Gasteiger partial charge in [-0.05, 0) is 30.3 Å². The van der Waals surface area contributed by atoms with Crippen molar-refractivity contribution < 1.29 is 28.2 Å². The van der Waals surface area contributed by atoms with Crippen LogP contribution in [0.25, 0.3) is 11.3 Å². The van der Waals surface area contributed by atoms with E-state index in [9.17, 15) is 18.4 Å². The zero-order valence-corrected chi connectivity index (χ0v) is 16.6. The fourth-order valence-corrected chi connectivity index (χ4v) is 3.04. The van der Waals surface area contributed by atoms with E-state index in [1.165, 1.54) is 48.1 Å². The van der Waals surface area contributed by atoms with E-state index < -0.39 is 35.9 Å². The maximum Gasteiger partial charge on any atom is 0.337 e. The summed E-state index contributed by atoms with van der Waals surface area (Å²) >= 11 is 5.89. The number of nitriles is 1. The molecule has 0 fully saturated rings. The lowest BCUT2D eigenvalue weighted by Gasteiger charge is -2.10. The van der Waals surface area contributed by atoms with Crippen LogP contribution in [0.15, 0.2) is 36.5 Å². The molecule has 3 rings (SSSR count). The molecule has 0 bridgehead atoms. The zero-order valence-electron chi connectivity index (χ0n) is 15.8. The molecule has 0 saturated carbocycles. The first-order valence-corrected chi connectivity index (χ1v) is 8.96. The van der Waals surface area contributed by atoms with Gasteiger partial charge in [-0.3, -0.25) is 4.79 Å². The standard InChI is InChI=1S/C20H13ClF2N4O4/c1-27-14(12-4-5-15(31-7-6-24)17(23)16(12)22)9-25-18(27)19(28)26-10-2-3-11(20(29)30)13(21)8-10/h2-5,8-9H,7H2,1H3,(H,26,28)(H,29,30). The number of aromatic nitrogens is 2. The Morgan fingerprint density at radius 2 is 2.03 bits per heavy atom. The van der Waals surface area contributed by atoms with Crippen LogP contribution in [-0.2, 0) is 7.05 Å². The molecule has 2 aromatic carbocycles. The number of aromatic carboxylic acids is 1. The number of nitrogens with one attached hydrogen (secondary N) is 1. The molecule has 0 radical (unpaired) electrons. The summed E-state index contributed by atoms with van der Waals surface area (Å²) in [4.78, 5) is 27.5. The van der Waals surface area contributed by atoms with Crippen molar-refractivity contribution in [1.82, 2.24) is 9.55 Å². The van der Waals surface area contributed by atoms with E-state index in [2.05, 4.69) is 10.3 Å². The van der Waals surface area contributed by atoms with Crippen LogP contribution < -0.4 is 10.1 Å². The third-order valence-electron chi connectivity index (χ3n) is 4.26. The molecule has 1 amide bonds. The summed E-state index contributed by atoms with van der Waals surface area (Å²) in [5.74, 6) is -4.91. The number of anilines is 1. The van der Waals surface area contributed by atoms with Crippen molar-refractivity contribution in [2.24, 2.45) is 7.05 Å². The molecular weight excluding hydrogens is 434 g/mol. The summed E-state index contributed by atoms with van der Waals surface area (Å²) in [6, 6.07) is 7.93. The van der Waals surface area contributed by atoms with Crippen LogP contribution in [0.5, 0.6) is 5.75 Å². The summed E-state index contributed by atoms with van der Waals surface area (Å²) in [7, 11) is 1.44. The van der Waals surface area contributed by atoms with Crippen LogP contribution in [0.3, 0.4) is 0 Å². The topological polar surface area (TPSA) is 117 Å². The predicted molar refractivity (Wildman–Crippen MR) is 106 cm³/mol. The van der Waals surface area contributed by atoms with Gasteiger partial charge in [-0.2, -0.15) is 9.65 Å². The molecule has 0 unspecified atom stereocenters. The molecule has 0 spiro atoms. The maximum atomic E-state index is 14.5. The monoisotopic (exact) mass is 446 g/mol. The number of carboxylic acid groups (broad SMARTS) is 1. The lowest BCUT2D eigenvalue weighted by atomic mass is 10.1. The van der Waals surface area contributed by atoms with Crippen molar-refractivity contribution >= 4 is 29.2 Å². The Kier molecular flexibility index (Phi) is 6.17. The molecule has 158 valence electrons. The molecule has 1 aromatic heterocycles. The van der Waals surface area contributed by atoms with E-state index in [-0.39, 0.29) is 33.4 Å². The second kappa shape index (κ2) is 8.81. The molecule has 0 aliphatic rings. The van der Waals surface area contributed by atoms with Crippen molar-refractivity contribution in [2.45, 2.75) is 0 Å². The smallest absolute Gasteiger partial charge is 0.337 e. The largest absolute Gasteiger partial charge is 0.478 e. The third-order valence-corrected chi connectivity index (χ3v) is 4.58. The minimum absolute atomic E-state index is 0.0675. The Hall–Kier alpha value is -3.97. The van der Waals surface area contributed by atoms with Gasteiger partial charge in [0.1, 0.15) is 6.07 Å². The summed E-state index contributed by atoms with van der Waals surface area (Å²) < 4.78 is 34.8. The highest BCUT2D eigenvalue weighted by atomic mass is 35.5. The Bertz CT molecular complexity index is 1240. The van der Waals surface area contributed by atoms with Gasteiger partial charge < -0.3 is 19.7 Å². The van der Waals surface area contributed by atoms with Crippen LogP contribution in [0.2, 0.25) is 5.02 Å². The Morgan fingerprint density at radius 3 is 2.68 bits per heavy atom. The molecule has 0 saturated heterocycles. The van der Waals surface area contributed by atoms with Crippen molar-refractivity contribution in [3.63, 3.8) is 0 Å². The van der Waals surface area contributed by atoms with Gasteiger partial charge in [-0.1, -0.05) is 11.6 Å². The highest BCUT2D eigenvalue weighted by Gasteiger charge is 2.22. The molecule has 0 aliphatic heterocycles. The zero-order chi connectivity index (χ0) is 22.7. The van der Waals surface area contributed by atoms with Crippen LogP contribution >= 0.6 is 11.6 Å². The van der Waals surface area contributed by atoms with Gasteiger partial charge >= 0.3 is 5.97 Å². The SMILES string of the molecule is Cn1c(-c2ccc(OCC#N)c(F)c2F)cnc1C(=O)Nc1ccc(C(=O)O)c(Cl)c1. The molecule has 11 heteroatoms. The number of carbonyl (C=O) groups excluding carboxylic acids is 1. The quantitative estimate of drug-likeness (QED) is 0.593. The van der Waals surface area contributed by atoms with Crippen LogP contribution in [0, 0.1) is 23.0 Å². The average Bonchev–Trinajstić information content (AvgIpc) is 3.10. The number of nitrogens with zero attached hydrogens (tertiary/aromatic N) is 3.